The average molecular weight is 388 g/mol. The second-order valence-corrected chi connectivity index (χ2v) is 9.14. The van der Waals surface area contributed by atoms with E-state index in [-0.39, 0.29) is 0 Å². The summed E-state index contributed by atoms with van der Waals surface area (Å²) < 4.78 is 38.8. The topological polar surface area (TPSA) is 55.8 Å². The zero-order valence-corrected chi connectivity index (χ0v) is 16.6. The molecule has 0 amide bonds. The molecule has 27 heavy (non-hydrogen) atoms. The van der Waals surface area contributed by atoms with Crippen LogP contribution in [0.2, 0.25) is 0 Å². The van der Waals surface area contributed by atoms with Crippen molar-refractivity contribution in [2.24, 2.45) is 0 Å². The van der Waals surface area contributed by atoms with Gasteiger partial charge in [0.2, 0.25) is 10.0 Å². The van der Waals surface area contributed by atoms with Gasteiger partial charge in [-0.25, -0.2) is 12.7 Å². The van der Waals surface area contributed by atoms with Gasteiger partial charge in [-0.3, -0.25) is 0 Å². The molecule has 0 spiro atoms. The molecule has 0 radical (unpaired) electrons. The van der Waals surface area contributed by atoms with Crippen LogP contribution in [0.25, 0.3) is 0 Å². The molecule has 5 nitrogen and oxygen atoms in total. The number of ether oxygens (including phenoxy) is 2. The summed E-state index contributed by atoms with van der Waals surface area (Å²) in [7, 11) is -1.86. The van der Waals surface area contributed by atoms with Crippen LogP contribution in [0.15, 0.2) is 35.2 Å². The fourth-order valence-corrected chi connectivity index (χ4v) is 4.99. The highest BCUT2D eigenvalue weighted by atomic mass is 32.2. The molecule has 2 aliphatic heterocycles. The summed E-state index contributed by atoms with van der Waals surface area (Å²) in [6.45, 7) is 3.83. The number of nitrogens with zero attached hydrogens (tertiary/aromatic N) is 1. The Bertz CT molecular complexity index is 919. The van der Waals surface area contributed by atoms with E-state index in [4.69, 9.17) is 9.47 Å². The third-order valence-electron chi connectivity index (χ3n) is 5.48. The Balaban J connectivity index is 1.55. The average Bonchev–Trinajstić information content (AvgIpc) is 3.33. The second kappa shape index (κ2) is 7.17. The Labute approximate surface area is 161 Å². The molecule has 2 aromatic rings. The molecule has 0 N–H and O–H groups in total. The van der Waals surface area contributed by atoms with Crippen LogP contribution in [0.1, 0.15) is 29.2 Å². The molecular weight excluding hydrogens is 362 g/mol. The van der Waals surface area contributed by atoms with Gasteiger partial charge in [0.15, 0.2) is 0 Å². The first-order chi connectivity index (χ1) is 13.0. The number of fused-ring (bicyclic) bond motifs is 2. The molecule has 0 fully saturated rings. The highest BCUT2D eigenvalue weighted by molar-refractivity contribution is 7.89. The standard InChI is InChI=1S/C21H25NO4S/c1-3-15-4-6-17(7-5-15)27(23,24)22(2)11-8-19-18-10-13-25-20(18)14-16-9-12-26-21(16)19/h4-7,14H,3,8-13H2,1-2H3. The maximum Gasteiger partial charge on any atom is 0.242 e. The lowest BCUT2D eigenvalue weighted by atomic mass is 9.97. The minimum atomic E-state index is -3.50. The van der Waals surface area contributed by atoms with Crippen molar-refractivity contribution >= 4 is 10.0 Å². The number of benzene rings is 2. The predicted molar refractivity (Wildman–Crippen MR) is 104 cm³/mol. The van der Waals surface area contributed by atoms with Crippen LogP contribution in [-0.2, 0) is 35.7 Å². The SMILES string of the molecule is CCc1ccc(S(=O)(=O)N(C)CCc2c3c(cc4c2OCC4)OCC3)cc1. The Morgan fingerprint density at radius 2 is 1.81 bits per heavy atom. The lowest BCUT2D eigenvalue weighted by Gasteiger charge is -2.19. The number of hydrogen-bond acceptors (Lipinski definition) is 4. The smallest absolute Gasteiger partial charge is 0.242 e. The van der Waals surface area contributed by atoms with Gasteiger partial charge in [-0.15, -0.1) is 0 Å². The minimum absolute atomic E-state index is 0.338. The molecule has 0 unspecified atom stereocenters. The van der Waals surface area contributed by atoms with Gasteiger partial charge in [0.05, 0.1) is 18.1 Å². The van der Waals surface area contributed by atoms with Gasteiger partial charge in [0, 0.05) is 43.1 Å². The maximum absolute atomic E-state index is 12.9. The quantitative estimate of drug-likeness (QED) is 0.765. The number of rotatable bonds is 6. The van der Waals surface area contributed by atoms with Gasteiger partial charge in [-0.2, -0.15) is 0 Å². The van der Waals surface area contributed by atoms with E-state index in [1.165, 1.54) is 15.4 Å². The largest absolute Gasteiger partial charge is 0.493 e. The van der Waals surface area contributed by atoms with Gasteiger partial charge < -0.3 is 9.47 Å². The second-order valence-electron chi connectivity index (χ2n) is 7.09. The molecule has 2 aliphatic rings. The van der Waals surface area contributed by atoms with E-state index in [9.17, 15) is 8.42 Å². The Morgan fingerprint density at radius 1 is 1.07 bits per heavy atom. The molecule has 0 atom stereocenters. The van der Waals surface area contributed by atoms with Crippen molar-refractivity contribution in [2.45, 2.75) is 37.5 Å². The lowest BCUT2D eigenvalue weighted by molar-refractivity contribution is 0.351. The minimum Gasteiger partial charge on any atom is -0.493 e. The van der Waals surface area contributed by atoms with Crippen molar-refractivity contribution in [1.29, 1.82) is 0 Å². The molecule has 0 aliphatic carbocycles. The summed E-state index contributed by atoms with van der Waals surface area (Å²) in [5.41, 5.74) is 4.59. The normalized spacial score (nSPS) is 15.4. The number of aryl methyl sites for hydroxylation is 1. The Kier molecular flexibility index (Phi) is 4.86. The zero-order chi connectivity index (χ0) is 19.0. The van der Waals surface area contributed by atoms with Gasteiger partial charge in [-0.05, 0) is 36.6 Å². The summed E-state index contributed by atoms with van der Waals surface area (Å²) in [5, 5.41) is 0. The van der Waals surface area contributed by atoms with Crippen LogP contribution in [0.4, 0.5) is 0 Å². The van der Waals surface area contributed by atoms with Crippen molar-refractivity contribution in [2.75, 3.05) is 26.8 Å². The summed E-state index contributed by atoms with van der Waals surface area (Å²) in [5.74, 6) is 1.88. The molecule has 2 aromatic carbocycles. The fraction of sp³-hybridized carbons (Fsp3) is 0.429. The molecule has 0 saturated heterocycles. The van der Waals surface area contributed by atoms with Crippen LogP contribution in [0, 0.1) is 0 Å². The first-order valence-electron chi connectivity index (χ1n) is 9.49. The van der Waals surface area contributed by atoms with E-state index in [1.807, 2.05) is 12.1 Å². The summed E-state index contributed by atoms with van der Waals surface area (Å²) in [4.78, 5) is 0.338. The van der Waals surface area contributed by atoms with E-state index >= 15 is 0 Å². The third kappa shape index (κ3) is 3.32. The summed E-state index contributed by atoms with van der Waals surface area (Å²) >= 11 is 0. The van der Waals surface area contributed by atoms with E-state index in [0.29, 0.717) is 31.1 Å². The molecule has 144 valence electrons. The molecule has 6 heteroatoms. The Morgan fingerprint density at radius 3 is 2.56 bits per heavy atom. The van der Waals surface area contributed by atoms with Crippen LogP contribution >= 0.6 is 0 Å². The monoisotopic (exact) mass is 387 g/mol. The van der Waals surface area contributed by atoms with Crippen LogP contribution < -0.4 is 9.47 Å². The van der Waals surface area contributed by atoms with E-state index in [2.05, 4.69) is 13.0 Å². The van der Waals surface area contributed by atoms with Crippen LogP contribution in [0.5, 0.6) is 11.5 Å². The first-order valence-corrected chi connectivity index (χ1v) is 10.9. The van der Waals surface area contributed by atoms with Crippen LogP contribution in [-0.4, -0.2) is 39.5 Å². The molecule has 2 heterocycles. The number of sulfonamides is 1. The van der Waals surface area contributed by atoms with Crippen molar-refractivity contribution in [3.63, 3.8) is 0 Å². The van der Waals surface area contributed by atoms with Gasteiger partial charge >= 0.3 is 0 Å². The number of hydrogen-bond donors (Lipinski definition) is 0. The van der Waals surface area contributed by atoms with E-state index in [1.54, 1.807) is 19.2 Å². The maximum atomic E-state index is 12.9. The van der Waals surface area contributed by atoms with Gasteiger partial charge in [0.25, 0.3) is 0 Å². The third-order valence-corrected chi connectivity index (χ3v) is 7.35. The Hall–Kier alpha value is -2.05. The van der Waals surface area contributed by atoms with Crippen molar-refractivity contribution in [1.82, 2.24) is 4.31 Å². The molecule has 4 rings (SSSR count). The zero-order valence-electron chi connectivity index (χ0n) is 15.8. The first kappa shape index (κ1) is 18.3. The predicted octanol–water partition coefficient (Wildman–Crippen LogP) is 2.98. The number of likely N-dealkylation sites (N-methyl/N-ethyl adjacent to an activating group) is 1. The highest BCUT2D eigenvalue weighted by Gasteiger charge is 2.28. The summed E-state index contributed by atoms with van der Waals surface area (Å²) in [6, 6.07) is 9.23. The van der Waals surface area contributed by atoms with E-state index < -0.39 is 10.0 Å². The van der Waals surface area contributed by atoms with Gasteiger partial charge in [0.1, 0.15) is 11.5 Å². The van der Waals surface area contributed by atoms with Gasteiger partial charge in [-0.1, -0.05) is 19.1 Å². The lowest BCUT2D eigenvalue weighted by Crippen LogP contribution is -2.29. The molecule has 0 aromatic heterocycles. The molecular formula is C21H25NO4S. The molecule has 0 saturated carbocycles. The van der Waals surface area contributed by atoms with Crippen molar-refractivity contribution in [3.05, 3.63) is 52.6 Å². The van der Waals surface area contributed by atoms with Crippen LogP contribution in [0.3, 0.4) is 0 Å². The summed E-state index contributed by atoms with van der Waals surface area (Å²) in [6.07, 6.45) is 3.26. The highest BCUT2D eigenvalue weighted by Crippen LogP contribution is 2.40. The molecule has 0 bridgehead atoms. The van der Waals surface area contributed by atoms with E-state index in [0.717, 1.165) is 41.9 Å². The van der Waals surface area contributed by atoms with Crippen molar-refractivity contribution < 1.29 is 17.9 Å². The van der Waals surface area contributed by atoms with Crippen molar-refractivity contribution in [3.8, 4) is 11.5 Å². The fourth-order valence-electron chi connectivity index (χ4n) is 3.82.